The smallest absolute Gasteiger partial charge is 0.418 e. The van der Waals surface area contributed by atoms with Crippen LogP contribution in [0.4, 0.5) is 18.9 Å². The Labute approximate surface area is 107 Å². The largest absolute Gasteiger partial charge is 0.455 e. The van der Waals surface area contributed by atoms with Gasteiger partial charge in [0.2, 0.25) is 0 Å². The molecule has 1 aromatic carbocycles. The van der Waals surface area contributed by atoms with Crippen molar-refractivity contribution in [3.63, 3.8) is 0 Å². The molecule has 0 bridgehead atoms. The highest BCUT2D eigenvalue weighted by Crippen LogP contribution is 2.36. The lowest BCUT2D eigenvalue weighted by Gasteiger charge is -2.13. The molecule has 0 unspecified atom stereocenters. The average molecular weight is 268 g/mol. The molecular formula is C13H11F3N2O. The summed E-state index contributed by atoms with van der Waals surface area (Å²) in [5, 5.41) is 0. The summed E-state index contributed by atoms with van der Waals surface area (Å²) in [5.74, 6) is 0.470. The molecule has 2 rings (SSSR count). The van der Waals surface area contributed by atoms with Crippen LogP contribution in [-0.2, 0) is 6.18 Å². The maximum absolute atomic E-state index is 12.7. The van der Waals surface area contributed by atoms with Gasteiger partial charge in [-0.05, 0) is 37.3 Å². The Bertz CT molecular complexity index is 597. The fraction of sp³-hybridized carbons (Fsp3) is 0.154. The summed E-state index contributed by atoms with van der Waals surface area (Å²) in [5.41, 5.74) is 4.66. The SMILES string of the molecule is Cc1ncccc1Oc1ccc(N)c(C(F)(F)F)c1. The van der Waals surface area contributed by atoms with Crippen LogP contribution in [0.2, 0.25) is 0 Å². The van der Waals surface area contributed by atoms with Gasteiger partial charge in [-0.25, -0.2) is 0 Å². The molecule has 0 atom stereocenters. The molecule has 0 fully saturated rings. The molecule has 0 saturated heterocycles. The van der Waals surface area contributed by atoms with Gasteiger partial charge in [-0.1, -0.05) is 0 Å². The van der Waals surface area contributed by atoms with Gasteiger partial charge < -0.3 is 10.5 Å². The van der Waals surface area contributed by atoms with E-state index in [-0.39, 0.29) is 11.4 Å². The number of aromatic nitrogens is 1. The van der Waals surface area contributed by atoms with Gasteiger partial charge in [0, 0.05) is 11.9 Å². The normalized spacial score (nSPS) is 11.4. The van der Waals surface area contributed by atoms with Crippen LogP contribution in [0.1, 0.15) is 11.3 Å². The van der Waals surface area contributed by atoms with Crippen molar-refractivity contribution in [2.24, 2.45) is 0 Å². The van der Waals surface area contributed by atoms with Crippen LogP contribution < -0.4 is 10.5 Å². The molecule has 2 aromatic rings. The Balaban J connectivity index is 2.35. The number of rotatable bonds is 2. The first-order valence-electron chi connectivity index (χ1n) is 5.44. The third kappa shape index (κ3) is 2.96. The highest BCUT2D eigenvalue weighted by atomic mass is 19.4. The van der Waals surface area contributed by atoms with E-state index in [2.05, 4.69) is 4.98 Å². The first-order chi connectivity index (χ1) is 8.88. The summed E-state index contributed by atoms with van der Waals surface area (Å²) in [7, 11) is 0. The van der Waals surface area contributed by atoms with Crippen molar-refractivity contribution in [3.8, 4) is 11.5 Å². The van der Waals surface area contributed by atoms with Crippen LogP contribution in [0.15, 0.2) is 36.5 Å². The van der Waals surface area contributed by atoms with Gasteiger partial charge in [0.25, 0.3) is 0 Å². The number of anilines is 1. The standard InChI is InChI=1S/C13H11F3N2O/c1-8-12(3-2-6-18-8)19-9-4-5-11(17)10(7-9)13(14,15)16/h2-7H,17H2,1H3. The summed E-state index contributed by atoms with van der Waals surface area (Å²) in [6, 6.07) is 6.71. The molecule has 19 heavy (non-hydrogen) atoms. The Morgan fingerprint density at radius 1 is 1.21 bits per heavy atom. The van der Waals surface area contributed by atoms with E-state index in [1.807, 2.05) is 0 Å². The maximum Gasteiger partial charge on any atom is 0.418 e. The second-order valence-corrected chi connectivity index (χ2v) is 3.94. The Morgan fingerprint density at radius 2 is 1.95 bits per heavy atom. The van der Waals surface area contributed by atoms with E-state index >= 15 is 0 Å². The number of hydrogen-bond acceptors (Lipinski definition) is 3. The minimum Gasteiger partial charge on any atom is -0.455 e. The molecule has 1 heterocycles. The first-order valence-corrected chi connectivity index (χ1v) is 5.44. The average Bonchev–Trinajstić information content (AvgIpc) is 2.33. The van der Waals surface area contributed by atoms with E-state index in [0.717, 1.165) is 6.07 Å². The molecular weight excluding hydrogens is 257 g/mol. The van der Waals surface area contributed by atoms with Crippen molar-refractivity contribution < 1.29 is 17.9 Å². The number of alkyl halides is 3. The first kappa shape index (κ1) is 13.2. The Morgan fingerprint density at radius 3 is 2.58 bits per heavy atom. The van der Waals surface area contributed by atoms with Crippen molar-refractivity contribution in [2.75, 3.05) is 5.73 Å². The van der Waals surface area contributed by atoms with E-state index in [4.69, 9.17) is 10.5 Å². The summed E-state index contributed by atoms with van der Waals surface area (Å²) in [4.78, 5) is 3.99. The molecule has 0 aliphatic heterocycles. The number of aryl methyl sites for hydroxylation is 1. The second-order valence-electron chi connectivity index (χ2n) is 3.94. The fourth-order valence-electron chi connectivity index (χ4n) is 1.55. The zero-order chi connectivity index (χ0) is 14.0. The predicted octanol–water partition coefficient (Wildman–Crippen LogP) is 3.78. The van der Waals surface area contributed by atoms with Crippen molar-refractivity contribution in [1.29, 1.82) is 0 Å². The number of halogens is 3. The maximum atomic E-state index is 12.7. The van der Waals surface area contributed by atoms with Gasteiger partial charge in [0.05, 0.1) is 11.3 Å². The van der Waals surface area contributed by atoms with Crippen LogP contribution in [0.5, 0.6) is 11.5 Å². The molecule has 2 N–H and O–H groups in total. The van der Waals surface area contributed by atoms with E-state index in [0.29, 0.717) is 11.4 Å². The van der Waals surface area contributed by atoms with E-state index in [9.17, 15) is 13.2 Å². The second kappa shape index (κ2) is 4.79. The van der Waals surface area contributed by atoms with Gasteiger partial charge in [0.1, 0.15) is 11.5 Å². The number of benzene rings is 1. The molecule has 3 nitrogen and oxygen atoms in total. The number of nitrogens with two attached hydrogens (primary N) is 1. The quantitative estimate of drug-likeness (QED) is 0.843. The third-order valence-corrected chi connectivity index (χ3v) is 2.52. The van der Waals surface area contributed by atoms with Gasteiger partial charge in [0.15, 0.2) is 0 Å². The van der Waals surface area contributed by atoms with Crippen molar-refractivity contribution in [2.45, 2.75) is 13.1 Å². The van der Waals surface area contributed by atoms with Crippen LogP contribution in [0.25, 0.3) is 0 Å². The van der Waals surface area contributed by atoms with E-state index in [1.165, 1.54) is 12.1 Å². The highest BCUT2D eigenvalue weighted by Gasteiger charge is 2.33. The number of pyridine rings is 1. The molecule has 1 aromatic heterocycles. The highest BCUT2D eigenvalue weighted by molar-refractivity contribution is 5.52. The molecule has 0 aliphatic carbocycles. The summed E-state index contributed by atoms with van der Waals surface area (Å²) in [6.07, 6.45) is -2.93. The van der Waals surface area contributed by atoms with Gasteiger partial charge in [-0.3, -0.25) is 4.98 Å². The number of nitrogens with zero attached hydrogens (tertiary/aromatic N) is 1. The van der Waals surface area contributed by atoms with Crippen LogP contribution >= 0.6 is 0 Å². The number of hydrogen-bond donors (Lipinski definition) is 1. The predicted molar refractivity (Wildman–Crippen MR) is 64.9 cm³/mol. The van der Waals surface area contributed by atoms with Crippen LogP contribution in [-0.4, -0.2) is 4.98 Å². The Kier molecular flexibility index (Phi) is 3.33. The van der Waals surface area contributed by atoms with Crippen molar-refractivity contribution in [3.05, 3.63) is 47.8 Å². The lowest BCUT2D eigenvalue weighted by molar-refractivity contribution is -0.137. The topological polar surface area (TPSA) is 48.1 Å². The molecule has 0 spiro atoms. The molecule has 100 valence electrons. The lowest BCUT2D eigenvalue weighted by Crippen LogP contribution is -2.08. The number of ether oxygens (including phenoxy) is 1. The molecule has 0 amide bonds. The van der Waals surface area contributed by atoms with Crippen LogP contribution in [0.3, 0.4) is 0 Å². The van der Waals surface area contributed by atoms with Crippen molar-refractivity contribution in [1.82, 2.24) is 4.98 Å². The minimum absolute atomic E-state index is 0.0672. The molecule has 0 aliphatic rings. The van der Waals surface area contributed by atoms with Crippen molar-refractivity contribution >= 4 is 5.69 Å². The van der Waals surface area contributed by atoms with Gasteiger partial charge >= 0.3 is 6.18 Å². The zero-order valence-electron chi connectivity index (χ0n) is 10.0. The van der Waals surface area contributed by atoms with E-state index in [1.54, 1.807) is 25.3 Å². The summed E-state index contributed by atoms with van der Waals surface area (Å²) >= 11 is 0. The third-order valence-electron chi connectivity index (χ3n) is 2.52. The number of nitrogen functional groups attached to an aromatic ring is 1. The van der Waals surface area contributed by atoms with Crippen LogP contribution in [0, 0.1) is 6.92 Å². The summed E-state index contributed by atoms with van der Waals surface area (Å²) in [6.45, 7) is 1.71. The minimum atomic E-state index is -4.51. The zero-order valence-corrected chi connectivity index (χ0v) is 10.0. The van der Waals surface area contributed by atoms with Gasteiger partial charge in [-0.2, -0.15) is 13.2 Å². The molecule has 0 radical (unpaired) electrons. The van der Waals surface area contributed by atoms with Gasteiger partial charge in [-0.15, -0.1) is 0 Å². The molecule has 0 saturated carbocycles. The lowest BCUT2D eigenvalue weighted by atomic mass is 10.1. The summed E-state index contributed by atoms with van der Waals surface area (Å²) < 4.78 is 43.5. The fourth-order valence-corrected chi connectivity index (χ4v) is 1.55. The monoisotopic (exact) mass is 268 g/mol. The van der Waals surface area contributed by atoms with E-state index < -0.39 is 11.7 Å². The Hall–Kier alpha value is -2.24. The molecule has 6 heteroatoms.